The van der Waals surface area contributed by atoms with Gasteiger partial charge in [-0.2, -0.15) is 0 Å². The van der Waals surface area contributed by atoms with Crippen LogP contribution in [-0.4, -0.2) is 29.9 Å². The largest absolute Gasteiger partial charge is 0.354 e. The minimum absolute atomic E-state index is 0.0619. The minimum atomic E-state index is -0.425. The molecule has 0 aromatic carbocycles. The zero-order valence-corrected chi connectivity index (χ0v) is 12.2. The van der Waals surface area contributed by atoms with Gasteiger partial charge in [0.1, 0.15) is 10.8 Å². The van der Waals surface area contributed by atoms with E-state index in [1.807, 2.05) is 0 Å². The molecule has 5 nitrogen and oxygen atoms in total. The molecule has 19 heavy (non-hydrogen) atoms. The lowest BCUT2D eigenvalue weighted by molar-refractivity contribution is -0.123. The number of nitrogens with one attached hydrogen (secondary N) is 2. The Morgan fingerprint density at radius 2 is 1.84 bits per heavy atom. The molecule has 0 bridgehead atoms. The quantitative estimate of drug-likeness (QED) is 0.644. The Kier molecular flexibility index (Phi) is 6.05. The van der Waals surface area contributed by atoms with Gasteiger partial charge in [-0.15, -0.1) is 0 Å². The smallest absolute Gasteiger partial charge is 0.271 e. The zero-order chi connectivity index (χ0) is 14.4. The van der Waals surface area contributed by atoms with Gasteiger partial charge in [0.05, 0.1) is 5.02 Å². The summed E-state index contributed by atoms with van der Waals surface area (Å²) in [5, 5.41) is 5.71. The van der Waals surface area contributed by atoms with Crippen LogP contribution in [0.3, 0.4) is 0 Å². The Morgan fingerprint density at radius 3 is 2.47 bits per heavy atom. The SMILES string of the molecule is CC(C)C(=O)NCCNC(=O)c1nc(Cl)ccc1Cl. The molecule has 0 saturated heterocycles. The first-order valence-corrected chi connectivity index (χ1v) is 6.55. The molecule has 104 valence electrons. The van der Waals surface area contributed by atoms with Crippen LogP contribution in [-0.2, 0) is 4.79 Å². The second-order valence-corrected chi connectivity index (χ2v) is 4.96. The molecule has 1 aromatic heterocycles. The Labute approximate surface area is 121 Å². The fraction of sp³-hybridized carbons (Fsp3) is 0.417. The van der Waals surface area contributed by atoms with Crippen LogP contribution >= 0.6 is 23.2 Å². The molecule has 1 aromatic rings. The summed E-state index contributed by atoms with van der Waals surface area (Å²) in [5.41, 5.74) is 0.0735. The lowest BCUT2D eigenvalue weighted by Crippen LogP contribution is -2.36. The van der Waals surface area contributed by atoms with Crippen molar-refractivity contribution in [1.82, 2.24) is 15.6 Å². The van der Waals surface area contributed by atoms with Gasteiger partial charge >= 0.3 is 0 Å². The topological polar surface area (TPSA) is 71.1 Å². The van der Waals surface area contributed by atoms with Crippen LogP contribution in [0.1, 0.15) is 24.3 Å². The molecule has 2 amide bonds. The number of hydrogen-bond acceptors (Lipinski definition) is 3. The van der Waals surface area contributed by atoms with E-state index in [9.17, 15) is 9.59 Å². The van der Waals surface area contributed by atoms with Gasteiger partial charge in [-0.1, -0.05) is 37.0 Å². The maximum atomic E-state index is 11.8. The van der Waals surface area contributed by atoms with E-state index >= 15 is 0 Å². The van der Waals surface area contributed by atoms with Gasteiger partial charge in [-0.05, 0) is 12.1 Å². The predicted octanol–water partition coefficient (Wildman–Crippen LogP) is 1.89. The van der Waals surface area contributed by atoms with Gasteiger partial charge in [0.25, 0.3) is 5.91 Å². The Balaban J connectivity index is 2.44. The number of carbonyl (C=O) groups is 2. The second-order valence-electron chi connectivity index (χ2n) is 4.17. The summed E-state index contributed by atoms with van der Waals surface area (Å²) in [7, 11) is 0. The molecule has 0 fully saturated rings. The maximum Gasteiger partial charge on any atom is 0.271 e. The molecule has 2 N–H and O–H groups in total. The molecule has 0 radical (unpaired) electrons. The molecule has 7 heteroatoms. The van der Waals surface area contributed by atoms with Crippen LogP contribution in [0.5, 0.6) is 0 Å². The summed E-state index contributed by atoms with van der Waals surface area (Å²) < 4.78 is 0. The van der Waals surface area contributed by atoms with E-state index in [0.717, 1.165) is 0 Å². The molecular formula is C12H15Cl2N3O2. The Hall–Kier alpha value is -1.33. The van der Waals surface area contributed by atoms with E-state index < -0.39 is 5.91 Å². The molecule has 0 aliphatic rings. The van der Waals surface area contributed by atoms with E-state index in [2.05, 4.69) is 15.6 Å². The molecule has 0 aliphatic carbocycles. The third-order valence-corrected chi connectivity index (χ3v) is 2.78. The van der Waals surface area contributed by atoms with Crippen LogP contribution in [0.2, 0.25) is 10.2 Å². The lowest BCUT2D eigenvalue weighted by atomic mass is 10.2. The van der Waals surface area contributed by atoms with Crippen molar-refractivity contribution in [2.75, 3.05) is 13.1 Å². The van der Waals surface area contributed by atoms with E-state index in [1.54, 1.807) is 13.8 Å². The van der Waals surface area contributed by atoms with E-state index in [0.29, 0.717) is 13.1 Å². The molecule has 0 atom stereocenters. The monoisotopic (exact) mass is 303 g/mol. The summed E-state index contributed by atoms with van der Waals surface area (Å²) >= 11 is 11.5. The third kappa shape index (κ3) is 5.04. The van der Waals surface area contributed by atoms with Gasteiger partial charge < -0.3 is 10.6 Å². The number of aromatic nitrogens is 1. The van der Waals surface area contributed by atoms with Crippen molar-refractivity contribution in [1.29, 1.82) is 0 Å². The Morgan fingerprint density at radius 1 is 1.21 bits per heavy atom. The van der Waals surface area contributed by atoms with Crippen LogP contribution < -0.4 is 10.6 Å². The van der Waals surface area contributed by atoms with E-state index in [4.69, 9.17) is 23.2 Å². The highest BCUT2D eigenvalue weighted by Gasteiger charge is 2.12. The molecule has 0 saturated carbocycles. The van der Waals surface area contributed by atoms with E-state index in [1.165, 1.54) is 12.1 Å². The summed E-state index contributed by atoms with van der Waals surface area (Å²) in [5.74, 6) is -0.570. The fourth-order valence-electron chi connectivity index (χ4n) is 1.23. The van der Waals surface area contributed by atoms with Crippen molar-refractivity contribution in [2.45, 2.75) is 13.8 Å². The summed E-state index contributed by atoms with van der Waals surface area (Å²) in [4.78, 5) is 26.9. The van der Waals surface area contributed by atoms with Crippen molar-refractivity contribution in [3.05, 3.63) is 28.0 Å². The van der Waals surface area contributed by atoms with E-state index in [-0.39, 0.29) is 27.7 Å². The van der Waals surface area contributed by atoms with Crippen molar-refractivity contribution in [3.63, 3.8) is 0 Å². The normalized spacial score (nSPS) is 10.4. The standard InChI is InChI=1S/C12H15Cl2N3O2/c1-7(2)11(18)15-5-6-16-12(19)10-8(13)3-4-9(14)17-10/h3-4,7H,5-6H2,1-2H3,(H,15,18)(H,16,19). The van der Waals surface area contributed by atoms with Gasteiger partial charge in [-0.3, -0.25) is 9.59 Å². The Bertz CT molecular complexity index is 478. The molecule has 0 spiro atoms. The number of amides is 2. The highest BCUT2D eigenvalue weighted by atomic mass is 35.5. The maximum absolute atomic E-state index is 11.8. The first-order chi connectivity index (χ1) is 8.91. The predicted molar refractivity (Wildman–Crippen MR) is 74.4 cm³/mol. The third-order valence-electron chi connectivity index (χ3n) is 2.26. The fourth-order valence-corrected chi connectivity index (χ4v) is 1.57. The van der Waals surface area contributed by atoms with Gasteiger partial charge in [0, 0.05) is 19.0 Å². The van der Waals surface area contributed by atoms with Gasteiger partial charge in [0.15, 0.2) is 0 Å². The number of hydrogen-bond donors (Lipinski definition) is 2. The average Bonchev–Trinajstić information content (AvgIpc) is 2.36. The highest BCUT2D eigenvalue weighted by molar-refractivity contribution is 6.34. The highest BCUT2D eigenvalue weighted by Crippen LogP contribution is 2.16. The minimum Gasteiger partial charge on any atom is -0.354 e. The van der Waals surface area contributed by atoms with Crippen LogP contribution in [0.4, 0.5) is 0 Å². The molecule has 1 heterocycles. The first kappa shape index (κ1) is 15.7. The first-order valence-electron chi connectivity index (χ1n) is 5.79. The summed E-state index contributed by atoms with van der Waals surface area (Å²) in [6, 6.07) is 3.01. The van der Waals surface area contributed by atoms with Crippen molar-refractivity contribution in [2.24, 2.45) is 5.92 Å². The number of halogens is 2. The van der Waals surface area contributed by atoms with Crippen LogP contribution in [0.25, 0.3) is 0 Å². The molecular weight excluding hydrogens is 289 g/mol. The zero-order valence-electron chi connectivity index (χ0n) is 10.7. The van der Waals surface area contributed by atoms with Crippen LogP contribution in [0, 0.1) is 5.92 Å². The summed E-state index contributed by atoms with van der Waals surface area (Å²) in [6.45, 7) is 4.23. The van der Waals surface area contributed by atoms with Gasteiger partial charge in [-0.25, -0.2) is 4.98 Å². The number of nitrogens with zero attached hydrogens (tertiary/aromatic N) is 1. The summed E-state index contributed by atoms with van der Waals surface area (Å²) in [6.07, 6.45) is 0. The van der Waals surface area contributed by atoms with Crippen molar-refractivity contribution >= 4 is 35.0 Å². The molecule has 1 rings (SSSR count). The molecule has 0 unspecified atom stereocenters. The van der Waals surface area contributed by atoms with Crippen molar-refractivity contribution < 1.29 is 9.59 Å². The molecule has 0 aliphatic heterocycles. The number of pyridine rings is 1. The van der Waals surface area contributed by atoms with Gasteiger partial charge in [0.2, 0.25) is 5.91 Å². The van der Waals surface area contributed by atoms with Crippen molar-refractivity contribution in [3.8, 4) is 0 Å². The lowest BCUT2D eigenvalue weighted by Gasteiger charge is -2.09. The average molecular weight is 304 g/mol. The van der Waals surface area contributed by atoms with Crippen LogP contribution in [0.15, 0.2) is 12.1 Å². The second kappa shape index (κ2) is 7.31. The number of carbonyl (C=O) groups excluding carboxylic acids is 2. The number of rotatable bonds is 5.